The maximum absolute atomic E-state index is 12.4. The summed E-state index contributed by atoms with van der Waals surface area (Å²) in [5, 5.41) is 12.8. The van der Waals surface area contributed by atoms with Gasteiger partial charge in [0.2, 0.25) is 0 Å². The van der Waals surface area contributed by atoms with Gasteiger partial charge < -0.3 is 15.3 Å². The lowest BCUT2D eigenvalue weighted by Crippen LogP contribution is -2.52. The molecule has 22 heavy (non-hydrogen) atoms. The van der Waals surface area contributed by atoms with Crippen LogP contribution >= 0.6 is 0 Å². The van der Waals surface area contributed by atoms with Gasteiger partial charge in [0.15, 0.2) is 0 Å². The molecule has 2 fully saturated rings. The molecular weight excluding hydrogens is 278 g/mol. The van der Waals surface area contributed by atoms with Crippen LogP contribution in [0.1, 0.15) is 39.0 Å². The summed E-state index contributed by atoms with van der Waals surface area (Å²) in [6, 6.07) is 0.370. The molecule has 5 nitrogen and oxygen atoms in total. The average molecular weight is 309 g/mol. The molecule has 0 aromatic rings. The number of amides is 2. The summed E-state index contributed by atoms with van der Waals surface area (Å²) in [5.74, 6) is 0. The number of carbonyl (C=O) groups excluding carboxylic acids is 1. The van der Waals surface area contributed by atoms with Gasteiger partial charge in [-0.25, -0.2) is 4.79 Å². The molecule has 2 heterocycles. The first-order chi connectivity index (χ1) is 10.6. The second-order valence-corrected chi connectivity index (χ2v) is 6.81. The number of piperidine rings is 2. The van der Waals surface area contributed by atoms with E-state index in [4.69, 9.17) is 0 Å². The van der Waals surface area contributed by atoms with E-state index in [0.29, 0.717) is 6.04 Å². The molecule has 2 aliphatic heterocycles. The smallest absolute Gasteiger partial charge is 0.317 e. The number of aliphatic hydroxyl groups excluding tert-OH is 1. The zero-order valence-corrected chi connectivity index (χ0v) is 13.9. The molecule has 2 amide bonds. The predicted octanol–water partition coefficient (Wildman–Crippen LogP) is 1.83. The first-order valence-electron chi connectivity index (χ1n) is 8.62. The Hall–Kier alpha value is -1.07. The molecule has 126 valence electrons. The average Bonchev–Trinajstić information content (AvgIpc) is 2.57. The van der Waals surface area contributed by atoms with Crippen LogP contribution in [-0.2, 0) is 0 Å². The Balaban J connectivity index is 1.74. The van der Waals surface area contributed by atoms with Crippen molar-refractivity contribution in [2.75, 3.05) is 39.3 Å². The molecule has 0 atom stereocenters. The summed E-state index contributed by atoms with van der Waals surface area (Å²) in [5.41, 5.74) is 0.0345. The lowest BCUT2D eigenvalue weighted by molar-refractivity contribution is 0.0509. The molecule has 0 aliphatic carbocycles. The van der Waals surface area contributed by atoms with Crippen LogP contribution < -0.4 is 5.32 Å². The van der Waals surface area contributed by atoms with E-state index in [9.17, 15) is 9.90 Å². The normalized spacial score (nSPS) is 23.3. The molecule has 0 bridgehead atoms. The molecule has 0 spiro atoms. The molecule has 0 radical (unpaired) electrons. The minimum absolute atomic E-state index is 0.0345. The van der Waals surface area contributed by atoms with E-state index in [1.807, 2.05) is 11.0 Å². The predicted molar refractivity (Wildman–Crippen MR) is 88.8 cm³/mol. The molecule has 0 unspecified atom stereocenters. The van der Waals surface area contributed by atoms with Crippen LogP contribution in [0.15, 0.2) is 12.7 Å². The van der Waals surface area contributed by atoms with Gasteiger partial charge in [-0.15, -0.1) is 6.58 Å². The van der Waals surface area contributed by atoms with Crippen LogP contribution in [0.3, 0.4) is 0 Å². The van der Waals surface area contributed by atoms with Crippen LogP contribution in [0.25, 0.3) is 0 Å². The molecule has 2 N–H and O–H groups in total. The first-order valence-corrected chi connectivity index (χ1v) is 8.62. The van der Waals surface area contributed by atoms with E-state index in [1.54, 1.807) is 0 Å². The van der Waals surface area contributed by atoms with E-state index in [1.165, 1.54) is 0 Å². The molecule has 2 saturated heterocycles. The van der Waals surface area contributed by atoms with E-state index >= 15 is 0 Å². The highest BCUT2D eigenvalue weighted by Crippen LogP contribution is 2.34. The highest BCUT2D eigenvalue weighted by atomic mass is 16.3. The third-order valence-corrected chi connectivity index (χ3v) is 5.50. The summed E-state index contributed by atoms with van der Waals surface area (Å²) in [6.45, 7) is 10.7. The van der Waals surface area contributed by atoms with E-state index < -0.39 is 0 Å². The number of hydrogen-bond acceptors (Lipinski definition) is 3. The maximum Gasteiger partial charge on any atom is 0.317 e. The van der Waals surface area contributed by atoms with Gasteiger partial charge in [-0.05, 0) is 37.5 Å². The van der Waals surface area contributed by atoms with Gasteiger partial charge in [0, 0.05) is 45.4 Å². The maximum atomic E-state index is 12.4. The highest BCUT2D eigenvalue weighted by molar-refractivity contribution is 5.74. The lowest BCUT2D eigenvalue weighted by Gasteiger charge is -2.41. The Labute approximate surface area is 134 Å². The Morgan fingerprint density at radius 3 is 2.45 bits per heavy atom. The Kier molecular flexibility index (Phi) is 6.26. The van der Waals surface area contributed by atoms with E-state index in [-0.39, 0.29) is 18.1 Å². The minimum Gasteiger partial charge on any atom is -0.396 e. The zero-order chi connectivity index (χ0) is 16.0. The molecule has 5 heteroatoms. The summed E-state index contributed by atoms with van der Waals surface area (Å²) in [7, 11) is 0. The van der Waals surface area contributed by atoms with Crippen molar-refractivity contribution in [2.45, 2.75) is 45.1 Å². The number of nitrogens with zero attached hydrogens (tertiary/aromatic N) is 2. The SMILES string of the molecule is C=CCN1CCC(NC(=O)N2CCC(CC)(CO)CC2)CC1. The highest BCUT2D eigenvalue weighted by Gasteiger charge is 2.34. The Morgan fingerprint density at radius 1 is 1.32 bits per heavy atom. The fourth-order valence-electron chi connectivity index (χ4n) is 3.52. The standard InChI is InChI=1S/C17H31N3O2/c1-3-9-19-10-5-15(6-11-19)18-16(22)20-12-7-17(4-2,14-21)8-13-20/h3,15,21H,1,4-14H2,2H3,(H,18,22). The van der Waals surface area contributed by atoms with Crippen molar-refractivity contribution in [1.82, 2.24) is 15.1 Å². The molecule has 2 aliphatic rings. The van der Waals surface area contributed by atoms with Crippen molar-refractivity contribution in [3.63, 3.8) is 0 Å². The summed E-state index contributed by atoms with van der Waals surface area (Å²) < 4.78 is 0. The van der Waals surface area contributed by atoms with Crippen molar-refractivity contribution in [2.24, 2.45) is 5.41 Å². The molecular formula is C17H31N3O2. The van der Waals surface area contributed by atoms with E-state index in [2.05, 4.69) is 23.7 Å². The zero-order valence-electron chi connectivity index (χ0n) is 13.9. The van der Waals surface area contributed by atoms with Crippen molar-refractivity contribution in [3.05, 3.63) is 12.7 Å². The monoisotopic (exact) mass is 309 g/mol. The van der Waals surface area contributed by atoms with Gasteiger partial charge in [0.25, 0.3) is 0 Å². The molecule has 0 saturated carbocycles. The molecule has 0 aromatic carbocycles. The Bertz CT molecular complexity index is 364. The quantitative estimate of drug-likeness (QED) is 0.762. The Morgan fingerprint density at radius 2 is 1.95 bits per heavy atom. The molecule has 0 aromatic heterocycles. The number of aliphatic hydroxyl groups is 1. The number of carbonyl (C=O) groups is 1. The third kappa shape index (κ3) is 4.23. The third-order valence-electron chi connectivity index (χ3n) is 5.50. The van der Waals surface area contributed by atoms with Crippen LogP contribution in [0, 0.1) is 5.41 Å². The first kappa shape index (κ1) is 17.3. The van der Waals surface area contributed by atoms with Gasteiger partial charge in [0.1, 0.15) is 0 Å². The second kappa shape index (κ2) is 7.97. The van der Waals surface area contributed by atoms with Gasteiger partial charge >= 0.3 is 6.03 Å². The summed E-state index contributed by atoms with van der Waals surface area (Å²) >= 11 is 0. The van der Waals surface area contributed by atoms with Gasteiger partial charge in [0.05, 0.1) is 0 Å². The van der Waals surface area contributed by atoms with E-state index in [0.717, 1.165) is 64.8 Å². The number of likely N-dealkylation sites (tertiary alicyclic amines) is 2. The van der Waals surface area contributed by atoms with Crippen molar-refractivity contribution in [1.29, 1.82) is 0 Å². The number of urea groups is 1. The van der Waals surface area contributed by atoms with Gasteiger partial charge in [-0.3, -0.25) is 4.90 Å². The fourth-order valence-corrected chi connectivity index (χ4v) is 3.52. The van der Waals surface area contributed by atoms with Crippen molar-refractivity contribution < 1.29 is 9.90 Å². The fraction of sp³-hybridized carbons (Fsp3) is 0.824. The van der Waals surface area contributed by atoms with Crippen LogP contribution in [0.5, 0.6) is 0 Å². The van der Waals surface area contributed by atoms with Crippen molar-refractivity contribution >= 4 is 6.03 Å². The topological polar surface area (TPSA) is 55.8 Å². The number of hydrogen-bond donors (Lipinski definition) is 2. The number of rotatable bonds is 5. The van der Waals surface area contributed by atoms with Gasteiger partial charge in [-0.1, -0.05) is 13.0 Å². The number of nitrogens with one attached hydrogen (secondary N) is 1. The molecule has 2 rings (SSSR count). The second-order valence-electron chi connectivity index (χ2n) is 6.81. The largest absolute Gasteiger partial charge is 0.396 e. The van der Waals surface area contributed by atoms with Crippen molar-refractivity contribution in [3.8, 4) is 0 Å². The van der Waals surface area contributed by atoms with Crippen LogP contribution in [0.4, 0.5) is 4.79 Å². The lowest BCUT2D eigenvalue weighted by atomic mass is 9.77. The van der Waals surface area contributed by atoms with Gasteiger partial charge in [-0.2, -0.15) is 0 Å². The summed E-state index contributed by atoms with van der Waals surface area (Å²) in [4.78, 5) is 16.7. The minimum atomic E-state index is 0.0345. The van der Waals surface area contributed by atoms with Crippen LogP contribution in [-0.4, -0.2) is 66.3 Å². The van der Waals surface area contributed by atoms with Crippen LogP contribution in [0.2, 0.25) is 0 Å². The summed E-state index contributed by atoms with van der Waals surface area (Å²) in [6.07, 6.45) is 6.77.